The number of non-ortho nitro benzene ring substituents is 1. The van der Waals surface area contributed by atoms with Crippen LogP contribution in [0.15, 0.2) is 48.5 Å². The maximum absolute atomic E-state index is 11.0. The Balaban J connectivity index is 2.07. The topological polar surface area (TPSA) is 89.4 Å². The van der Waals surface area contributed by atoms with Gasteiger partial charge >= 0.3 is 0 Å². The van der Waals surface area contributed by atoms with Crippen molar-refractivity contribution in [1.29, 1.82) is 0 Å². The zero-order chi connectivity index (χ0) is 15.7. The summed E-state index contributed by atoms with van der Waals surface area (Å²) in [5, 5.41) is 21.5. The lowest BCUT2D eigenvalue weighted by atomic mass is 9.72. The molecule has 0 saturated carbocycles. The van der Waals surface area contributed by atoms with Gasteiger partial charge in [-0.05, 0) is 36.0 Å². The molecular formula is C17H18N2O3. The predicted octanol–water partition coefficient (Wildman–Crippen LogP) is 2.30. The monoisotopic (exact) mass is 298 g/mol. The Hall–Kier alpha value is -2.24. The van der Waals surface area contributed by atoms with Crippen LogP contribution < -0.4 is 5.73 Å². The van der Waals surface area contributed by atoms with E-state index in [2.05, 4.69) is 0 Å². The summed E-state index contributed by atoms with van der Waals surface area (Å²) in [5.41, 5.74) is 8.22. The number of nitro benzene ring substituents is 1. The molecule has 3 N–H and O–H groups in total. The number of aliphatic hydroxyl groups excluding tert-OH is 1. The van der Waals surface area contributed by atoms with Crippen LogP contribution in [-0.4, -0.2) is 16.1 Å². The van der Waals surface area contributed by atoms with E-state index in [9.17, 15) is 15.2 Å². The van der Waals surface area contributed by atoms with Gasteiger partial charge in [-0.25, -0.2) is 0 Å². The van der Waals surface area contributed by atoms with Crippen LogP contribution in [0.25, 0.3) is 0 Å². The molecule has 2 unspecified atom stereocenters. The van der Waals surface area contributed by atoms with E-state index in [1.54, 1.807) is 6.07 Å². The van der Waals surface area contributed by atoms with Crippen molar-refractivity contribution in [3.05, 3.63) is 75.3 Å². The minimum atomic E-state index is -0.999. The minimum Gasteiger partial charge on any atom is -0.391 e. The second-order valence-corrected chi connectivity index (χ2v) is 5.86. The SMILES string of the molecule is NC1(Cc2ccccc2)c2cc([N+](=O)[O-])ccc2CCC1O. The summed E-state index contributed by atoms with van der Waals surface area (Å²) in [7, 11) is 0. The van der Waals surface area contributed by atoms with Gasteiger partial charge in [-0.2, -0.15) is 0 Å². The van der Waals surface area contributed by atoms with E-state index < -0.39 is 16.6 Å². The number of hydrogen-bond acceptors (Lipinski definition) is 4. The zero-order valence-electron chi connectivity index (χ0n) is 12.1. The number of nitrogens with two attached hydrogens (primary N) is 1. The van der Waals surface area contributed by atoms with Gasteiger partial charge in [0.25, 0.3) is 5.69 Å². The molecule has 1 aliphatic carbocycles. The van der Waals surface area contributed by atoms with Gasteiger partial charge in [0.05, 0.1) is 16.6 Å². The van der Waals surface area contributed by atoms with Crippen molar-refractivity contribution in [3.63, 3.8) is 0 Å². The van der Waals surface area contributed by atoms with E-state index in [1.807, 2.05) is 30.3 Å². The molecule has 0 spiro atoms. The Bertz CT molecular complexity index is 702. The normalized spacial score (nSPS) is 23.8. The molecule has 2 atom stereocenters. The Labute approximate surface area is 128 Å². The van der Waals surface area contributed by atoms with Crippen LogP contribution in [0.1, 0.15) is 23.1 Å². The highest BCUT2D eigenvalue weighted by atomic mass is 16.6. The molecule has 0 heterocycles. The van der Waals surface area contributed by atoms with Gasteiger partial charge in [-0.15, -0.1) is 0 Å². The molecule has 114 valence electrons. The van der Waals surface area contributed by atoms with Crippen molar-refractivity contribution in [2.75, 3.05) is 0 Å². The fourth-order valence-electron chi connectivity index (χ4n) is 3.21. The summed E-state index contributed by atoms with van der Waals surface area (Å²) >= 11 is 0. The Morgan fingerprint density at radius 3 is 2.68 bits per heavy atom. The van der Waals surface area contributed by atoms with Gasteiger partial charge in [0.15, 0.2) is 0 Å². The molecule has 0 amide bonds. The predicted molar refractivity (Wildman–Crippen MR) is 83.4 cm³/mol. The van der Waals surface area contributed by atoms with Crippen molar-refractivity contribution in [1.82, 2.24) is 0 Å². The summed E-state index contributed by atoms with van der Waals surface area (Å²) in [6.45, 7) is 0. The van der Waals surface area contributed by atoms with Crippen LogP contribution in [0.4, 0.5) is 5.69 Å². The zero-order valence-corrected chi connectivity index (χ0v) is 12.1. The average molecular weight is 298 g/mol. The molecule has 1 aliphatic rings. The molecule has 22 heavy (non-hydrogen) atoms. The number of rotatable bonds is 3. The van der Waals surface area contributed by atoms with Gasteiger partial charge in [0.1, 0.15) is 0 Å². The quantitative estimate of drug-likeness (QED) is 0.672. The van der Waals surface area contributed by atoms with E-state index in [0.29, 0.717) is 24.8 Å². The fraction of sp³-hybridized carbons (Fsp3) is 0.294. The number of hydrogen-bond donors (Lipinski definition) is 2. The number of fused-ring (bicyclic) bond motifs is 1. The highest BCUT2D eigenvalue weighted by Gasteiger charge is 2.41. The highest BCUT2D eigenvalue weighted by molar-refractivity contribution is 5.46. The van der Waals surface area contributed by atoms with Crippen molar-refractivity contribution in [3.8, 4) is 0 Å². The Kier molecular flexibility index (Phi) is 3.68. The lowest BCUT2D eigenvalue weighted by molar-refractivity contribution is -0.385. The van der Waals surface area contributed by atoms with Crippen LogP contribution in [0.5, 0.6) is 0 Å². The van der Waals surface area contributed by atoms with Crippen LogP contribution in [0.3, 0.4) is 0 Å². The number of nitrogens with zero attached hydrogens (tertiary/aromatic N) is 1. The lowest BCUT2D eigenvalue weighted by Crippen LogP contribution is -2.52. The lowest BCUT2D eigenvalue weighted by Gasteiger charge is -2.40. The molecule has 2 aromatic carbocycles. The standard InChI is InChI=1S/C17H18N2O3/c18-17(11-12-4-2-1-3-5-12)15-10-14(19(21)22)8-6-13(15)7-9-16(17)20/h1-6,8,10,16,20H,7,9,11,18H2. The van der Waals surface area contributed by atoms with Crippen LogP contribution in [0.2, 0.25) is 0 Å². The molecule has 5 nitrogen and oxygen atoms in total. The van der Waals surface area contributed by atoms with E-state index in [-0.39, 0.29) is 5.69 Å². The van der Waals surface area contributed by atoms with Crippen molar-refractivity contribution >= 4 is 5.69 Å². The first-order valence-electron chi connectivity index (χ1n) is 7.29. The molecule has 3 rings (SSSR count). The third-order valence-electron chi connectivity index (χ3n) is 4.43. The molecule has 0 aliphatic heterocycles. The average Bonchev–Trinajstić information content (AvgIpc) is 2.52. The minimum absolute atomic E-state index is 0.00994. The number of nitro groups is 1. The third kappa shape index (κ3) is 2.49. The van der Waals surface area contributed by atoms with Crippen molar-refractivity contribution in [2.45, 2.75) is 30.9 Å². The van der Waals surface area contributed by atoms with Gasteiger partial charge < -0.3 is 10.8 Å². The van der Waals surface area contributed by atoms with Crippen LogP contribution in [0, 0.1) is 10.1 Å². The fourth-order valence-corrected chi connectivity index (χ4v) is 3.21. The largest absolute Gasteiger partial charge is 0.391 e. The van der Waals surface area contributed by atoms with Gasteiger partial charge in [-0.1, -0.05) is 36.4 Å². The van der Waals surface area contributed by atoms with Crippen LogP contribution in [-0.2, 0) is 18.4 Å². The molecule has 0 bridgehead atoms. The van der Waals surface area contributed by atoms with E-state index in [0.717, 1.165) is 11.1 Å². The molecule has 0 aromatic heterocycles. The molecule has 2 aromatic rings. The van der Waals surface area contributed by atoms with Gasteiger partial charge in [0.2, 0.25) is 0 Å². The van der Waals surface area contributed by atoms with Gasteiger partial charge in [0, 0.05) is 12.1 Å². The van der Waals surface area contributed by atoms with Crippen LogP contribution >= 0.6 is 0 Å². The van der Waals surface area contributed by atoms with E-state index in [1.165, 1.54) is 12.1 Å². The molecule has 5 heteroatoms. The first-order valence-corrected chi connectivity index (χ1v) is 7.29. The Morgan fingerprint density at radius 2 is 2.00 bits per heavy atom. The second kappa shape index (κ2) is 5.51. The number of aryl methyl sites for hydroxylation is 1. The first-order chi connectivity index (χ1) is 10.5. The smallest absolute Gasteiger partial charge is 0.269 e. The first kappa shape index (κ1) is 14.7. The number of benzene rings is 2. The maximum Gasteiger partial charge on any atom is 0.269 e. The second-order valence-electron chi connectivity index (χ2n) is 5.86. The van der Waals surface area contributed by atoms with Gasteiger partial charge in [-0.3, -0.25) is 10.1 Å². The molecular weight excluding hydrogens is 280 g/mol. The highest BCUT2D eigenvalue weighted by Crippen LogP contribution is 2.38. The Morgan fingerprint density at radius 1 is 1.27 bits per heavy atom. The molecule has 0 radical (unpaired) electrons. The maximum atomic E-state index is 11.0. The van der Waals surface area contributed by atoms with Crippen molar-refractivity contribution in [2.24, 2.45) is 5.73 Å². The summed E-state index contributed by atoms with van der Waals surface area (Å²) < 4.78 is 0. The summed E-state index contributed by atoms with van der Waals surface area (Å²) in [5.74, 6) is 0. The summed E-state index contributed by atoms with van der Waals surface area (Å²) in [6, 6.07) is 14.4. The molecule has 0 fully saturated rings. The summed E-state index contributed by atoms with van der Waals surface area (Å²) in [4.78, 5) is 10.6. The van der Waals surface area contributed by atoms with Crippen molar-refractivity contribution < 1.29 is 10.0 Å². The summed E-state index contributed by atoms with van der Waals surface area (Å²) in [6.07, 6.45) is 0.974. The molecule has 0 saturated heterocycles. The number of aliphatic hydroxyl groups is 1. The third-order valence-corrected chi connectivity index (χ3v) is 4.43. The van der Waals surface area contributed by atoms with E-state index >= 15 is 0 Å². The van der Waals surface area contributed by atoms with E-state index in [4.69, 9.17) is 5.73 Å².